The van der Waals surface area contributed by atoms with Gasteiger partial charge in [-0.3, -0.25) is 0 Å². The van der Waals surface area contributed by atoms with Crippen molar-refractivity contribution in [1.29, 1.82) is 0 Å². The molecule has 2 aromatic heterocycles. The second kappa shape index (κ2) is 7.60. The van der Waals surface area contributed by atoms with Crippen molar-refractivity contribution in [3.63, 3.8) is 0 Å². The summed E-state index contributed by atoms with van der Waals surface area (Å²) in [6.45, 7) is 2.07. The molecule has 0 amide bonds. The summed E-state index contributed by atoms with van der Waals surface area (Å²) >= 11 is 0. The third kappa shape index (κ3) is 3.50. The van der Waals surface area contributed by atoms with E-state index in [9.17, 15) is 0 Å². The van der Waals surface area contributed by atoms with Crippen LogP contribution in [-0.2, 0) is 0 Å². The summed E-state index contributed by atoms with van der Waals surface area (Å²) < 4.78 is 10.8. The number of aromatic amines is 1. The van der Waals surface area contributed by atoms with Crippen LogP contribution in [0.4, 0.5) is 11.5 Å². The summed E-state index contributed by atoms with van der Waals surface area (Å²) in [4.78, 5) is 16.9. The SMILES string of the molecule is COc1cc2ncnc(Nc3ccc4nc(-c5cccc(C)c5)[nH]c4c3)c2cc1OC. The van der Waals surface area contributed by atoms with Gasteiger partial charge in [-0.2, -0.15) is 0 Å². The first kappa shape index (κ1) is 18.9. The van der Waals surface area contributed by atoms with Crippen LogP contribution in [0.2, 0.25) is 0 Å². The fourth-order valence-corrected chi connectivity index (χ4v) is 3.64. The van der Waals surface area contributed by atoms with Crippen LogP contribution < -0.4 is 14.8 Å². The lowest BCUT2D eigenvalue weighted by molar-refractivity contribution is 0.356. The van der Waals surface area contributed by atoms with Crippen molar-refractivity contribution in [2.45, 2.75) is 6.92 Å². The highest BCUT2D eigenvalue weighted by molar-refractivity contribution is 5.94. The van der Waals surface area contributed by atoms with Crippen LogP contribution in [0.25, 0.3) is 33.3 Å². The van der Waals surface area contributed by atoms with Gasteiger partial charge >= 0.3 is 0 Å². The molecule has 0 bridgehead atoms. The van der Waals surface area contributed by atoms with E-state index in [-0.39, 0.29) is 0 Å². The minimum Gasteiger partial charge on any atom is -0.493 e. The normalized spacial score (nSPS) is 11.1. The Morgan fingerprint density at radius 2 is 1.71 bits per heavy atom. The molecule has 0 atom stereocenters. The number of anilines is 2. The first-order valence-corrected chi connectivity index (χ1v) is 9.85. The Bertz CT molecular complexity index is 1410. The number of rotatable bonds is 5. The molecular weight excluding hydrogens is 390 g/mol. The number of hydrogen-bond acceptors (Lipinski definition) is 6. The molecule has 0 radical (unpaired) electrons. The number of nitrogens with zero attached hydrogens (tertiary/aromatic N) is 3. The van der Waals surface area contributed by atoms with Gasteiger partial charge in [-0.25, -0.2) is 15.0 Å². The van der Waals surface area contributed by atoms with Gasteiger partial charge in [-0.1, -0.05) is 23.8 Å². The molecule has 0 aliphatic carbocycles. The zero-order valence-electron chi connectivity index (χ0n) is 17.4. The van der Waals surface area contributed by atoms with Crippen molar-refractivity contribution in [2.24, 2.45) is 0 Å². The van der Waals surface area contributed by atoms with Gasteiger partial charge in [0.05, 0.1) is 30.8 Å². The molecule has 0 aliphatic heterocycles. The van der Waals surface area contributed by atoms with Crippen molar-refractivity contribution in [2.75, 3.05) is 19.5 Å². The molecular formula is C24H21N5O2. The third-order valence-corrected chi connectivity index (χ3v) is 5.18. The van der Waals surface area contributed by atoms with E-state index in [0.717, 1.165) is 39.0 Å². The average molecular weight is 411 g/mol. The number of benzene rings is 3. The van der Waals surface area contributed by atoms with Crippen molar-refractivity contribution in [3.8, 4) is 22.9 Å². The highest BCUT2D eigenvalue weighted by Crippen LogP contribution is 2.34. The van der Waals surface area contributed by atoms with Gasteiger partial charge in [0.15, 0.2) is 11.5 Å². The molecule has 5 rings (SSSR count). The fraction of sp³-hybridized carbons (Fsp3) is 0.125. The van der Waals surface area contributed by atoms with Crippen molar-refractivity contribution in [3.05, 3.63) is 66.5 Å². The minimum atomic E-state index is 0.625. The van der Waals surface area contributed by atoms with Gasteiger partial charge in [0.2, 0.25) is 0 Å². The zero-order chi connectivity index (χ0) is 21.4. The number of aryl methyl sites for hydroxylation is 1. The molecule has 154 valence electrons. The second-order valence-corrected chi connectivity index (χ2v) is 7.26. The van der Waals surface area contributed by atoms with Gasteiger partial charge in [0.1, 0.15) is 18.0 Å². The van der Waals surface area contributed by atoms with Gasteiger partial charge in [0.25, 0.3) is 0 Å². The Morgan fingerprint density at radius 3 is 2.52 bits per heavy atom. The van der Waals surface area contributed by atoms with Crippen molar-refractivity contribution >= 4 is 33.4 Å². The standard InChI is InChI=1S/C24H21N5O2/c1-14-5-4-6-15(9-14)23-28-18-8-7-16(10-20(18)29-23)27-24-17-11-21(30-2)22(31-3)12-19(17)25-13-26-24/h4-13H,1-3H3,(H,28,29)(H,25,26,27). The van der Waals surface area contributed by atoms with E-state index in [4.69, 9.17) is 14.5 Å². The predicted octanol–water partition coefficient (Wildman–Crippen LogP) is 5.24. The monoisotopic (exact) mass is 411 g/mol. The van der Waals surface area contributed by atoms with E-state index < -0.39 is 0 Å². The summed E-state index contributed by atoms with van der Waals surface area (Å²) in [5.74, 6) is 2.78. The number of hydrogen-bond donors (Lipinski definition) is 2. The molecule has 0 unspecified atom stereocenters. The Balaban J connectivity index is 1.52. The average Bonchev–Trinajstić information content (AvgIpc) is 3.22. The zero-order valence-corrected chi connectivity index (χ0v) is 17.4. The molecule has 0 spiro atoms. The molecule has 0 aliphatic rings. The lowest BCUT2D eigenvalue weighted by Gasteiger charge is -2.12. The summed E-state index contributed by atoms with van der Waals surface area (Å²) in [7, 11) is 3.22. The summed E-state index contributed by atoms with van der Waals surface area (Å²) in [6, 6.07) is 18.0. The Hall–Kier alpha value is -4.13. The minimum absolute atomic E-state index is 0.625. The number of nitrogens with one attached hydrogen (secondary N) is 2. The fourth-order valence-electron chi connectivity index (χ4n) is 3.64. The quantitative estimate of drug-likeness (QED) is 0.411. The van der Waals surface area contributed by atoms with E-state index in [1.165, 1.54) is 11.9 Å². The third-order valence-electron chi connectivity index (χ3n) is 5.18. The summed E-state index contributed by atoms with van der Waals surface area (Å²) in [6.07, 6.45) is 1.53. The molecule has 2 N–H and O–H groups in total. The van der Waals surface area contributed by atoms with Crippen LogP contribution in [0, 0.1) is 6.92 Å². The molecule has 0 fully saturated rings. The smallest absolute Gasteiger partial charge is 0.162 e. The Kier molecular flexibility index (Phi) is 4.63. The molecule has 31 heavy (non-hydrogen) atoms. The van der Waals surface area contributed by atoms with E-state index in [2.05, 4.69) is 45.4 Å². The number of aromatic nitrogens is 4. The molecule has 7 heteroatoms. The maximum absolute atomic E-state index is 5.44. The van der Waals surface area contributed by atoms with Crippen molar-refractivity contribution < 1.29 is 9.47 Å². The first-order valence-electron chi connectivity index (χ1n) is 9.85. The highest BCUT2D eigenvalue weighted by Gasteiger charge is 2.12. The van der Waals surface area contributed by atoms with Gasteiger partial charge < -0.3 is 19.8 Å². The molecule has 0 saturated heterocycles. The number of methoxy groups -OCH3 is 2. The van der Waals surface area contributed by atoms with E-state index >= 15 is 0 Å². The van der Waals surface area contributed by atoms with E-state index in [0.29, 0.717) is 17.3 Å². The van der Waals surface area contributed by atoms with Crippen molar-refractivity contribution in [1.82, 2.24) is 19.9 Å². The van der Waals surface area contributed by atoms with E-state index in [1.807, 2.05) is 36.4 Å². The summed E-state index contributed by atoms with van der Waals surface area (Å²) in [5, 5.41) is 4.23. The molecule has 3 aromatic carbocycles. The van der Waals surface area contributed by atoms with Gasteiger partial charge in [-0.05, 0) is 37.3 Å². The van der Waals surface area contributed by atoms with Gasteiger partial charge in [0, 0.05) is 22.7 Å². The van der Waals surface area contributed by atoms with Crippen LogP contribution in [0.1, 0.15) is 5.56 Å². The lowest BCUT2D eigenvalue weighted by Crippen LogP contribution is -1.98. The maximum atomic E-state index is 5.44. The van der Waals surface area contributed by atoms with Crippen LogP contribution in [-0.4, -0.2) is 34.2 Å². The van der Waals surface area contributed by atoms with Crippen LogP contribution in [0.3, 0.4) is 0 Å². The second-order valence-electron chi connectivity index (χ2n) is 7.26. The highest BCUT2D eigenvalue weighted by atomic mass is 16.5. The number of fused-ring (bicyclic) bond motifs is 2. The Morgan fingerprint density at radius 1 is 0.871 bits per heavy atom. The number of imidazole rings is 1. The van der Waals surface area contributed by atoms with Gasteiger partial charge in [-0.15, -0.1) is 0 Å². The predicted molar refractivity (Wildman–Crippen MR) is 122 cm³/mol. The topological polar surface area (TPSA) is 85.0 Å². The maximum Gasteiger partial charge on any atom is 0.162 e. The van der Waals surface area contributed by atoms with Crippen LogP contribution in [0.15, 0.2) is 60.9 Å². The Labute approximate surface area is 179 Å². The molecule has 2 heterocycles. The molecule has 5 aromatic rings. The molecule has 7 nitrogen and oxygen atoms in total. The summed E-state index contributed by atoms with van der Waals surface area (Å²) in [5.41, 5.74) is 5.76. The number of ether oxygens (including phenoxy) is 2. The lowest BCUT2D eigenvalue weighted by atomic mass is 10.1. The van der Waals surface area contributed by atoms with Crippen LogP contribution >= 0.6 is 0 Å². The largest absolute Gasteiger partial charge is 0.493 e. The van der Waals surface area contributed by atoms with Crippen LogP contribution in [0.5, 0.6) is 11.5 Å². The molecule has 0 saturated carbocycles. The first-order chi connectivity index (χ1) is 15.1. The number of H-pyrrole nitrogens is 1. The van der Waals surface area contributed by atoms with E-state index in [1.54, 1.807) is 14.2 Å².